The Morgan fingerprint density at radius 1 is 1.67 bits per heavy atom. The lowest BCUT2D eigenvalue weighted by Gasteiger charge is -2.27. The zero-order chi connectivity index (χ0) is 6.69. The number of piperidine rings is 1. The molecule has 0 saturated carbocycles. The Balaban J connectivity index is 2.23. The molecule has 1 rings (SSSR count). The van der Waals surface area contributed by atoms with Crippen molar-refractivity contribution >= 4 is 0 Å². The minimum absolute atomic E-state index is 0.135. The second kappa shape index (κ2) is 3.16. The lowest BCUT2D eigenvalue weighted by molar-refractivity contribution is 0.182. The van der Waals surface area contributed by atoms with Gasteiger partial charge in [0.2, 0.25) is 0 Å². The smallest absolute Gasteiger partial charge is 0.0934 e. The maximum Gasteiger partial charge on any atom is 0.0934 e. The van der Waals surface area contributed by atoms with Crippen molar-refractivity contribution in [1.29, 1.82) is 0 Å². The largest absolute Gasteiger partial charge is 0.306 e. The zero-order valence-electron chi connectivity index (χ0n) is 5.94. The molecule has 1 heterocycles. The molecule has 1 atom stereocenters. The van der Waals surface area contributed by atoms with Crippen molar-refractivity contribution in [3.63, 3.8) is 0 Å². The molecule has 2 heteroatoms. The van der Waals surface area contributed by atoms with Gasteiger partial charge in [-0.05, 0) is 26.4 Å². The number of alkyl halides is 1. The third-order valence-electron chi connectivity index (χ3n) is 1.94. The fourth-order valence-corrected chi connectivity index (χ4v) is 1.40. The first-order valence-corrected chi connectivity index (χ1v) is 3.57. The van der Waals surface area contributed by atoms with Gasteiger partial charge in [0.25, 0.3) is 0 Å². The highest BCUT2D eigenvalue weighted by atomic mass is 19.1. The van der Waals surface area contributed by atoms with Gasteiger partial charge in [-0.3, -0.25) is 4.39 Å². The van der Waals surface area contributed by atoms with Crippen LogP contribution in [0.4, 0.5) is 4.39 Å². The first-order chi connectivity index (χ1) is 4.33. The Morgan fingerprint density at radius 3 is 2.89 bits per heavy atom. The molecule has 0 aromatic heterocycles. The van der Waals surface area contributed by atoms with Crippen molar-refractivity contribution in [1.82, 2.24) is 4.90 Å². The normalized spacial score (nSPS) is 30.7. The zero-order valence-corrected chi connectivity index (χ0v) is 5.94. The van der Waals surface area contributed by atoms with E-state index in [9.17, 15) is 4.39 Å². The highest BCUT2D eigenvalue weighted by Crippen LogP contribution is 2.14. The average molecular weight is 131 g/mol. The Morgan fingerprint density at radius 2 is 2.44 bits per heavy atom. The van der Waals surface area contributed by atoms with Crippen molar-refractivity contribution in [2.75, 3.05) is 26.8 Å². The van der Waals surface area contributed by atoms with Crippen LogP contribution in [0.5, 0.6) is 0 Å². The molecule has 9 heavy (non-hydrogen) atoms. The van der Waals surface area contributed by atoms with E-state index in [1.54, 1.807) is 0 Å². The van der Waals surface area contributed by atoms with E-state index in [-0.39, 0.29) is 6.67 Å². The topological polar surface area (TPSA) is 3.24 Å². The van der Waals surface area contributed by atoms with Crippen molar-refractivity contribution < 1.29 is 4.39 Å². The van der Waals surface area contributed by atoms with Crippen molar-refractivity contribution in [3.8, 4) is 0 Å². The summed E-state index contributed by atoms with van der Waals surface area (Å²) in [6.07, 6.45) is 2.26. The molecule has 1 aliphatic heterocycles. The highest BCUT2D eigenvalue weighted by Gasteiger charge is 2.15. The van der Waals surface area contributed by atoms with Gasteiger partial charge in [0.05, 0.1) is 6.67 Å². The quantitative estimate of drug-likeness (QED) is 0.518. The Bertz CT molecular complexity index is 85.0. The van der Waals surface area contributed by atoms with Gasteiger partial charge < -0.3 is 4.90 Å². The van der Waals surface area contributed by atoms with Crippen molar-refractivity contribution in [2.24, 2.45) is 5.92 Å². The van der Waals surface area contributed by atoms with E-state index in [0.717, 1.165) is 19.5 Å². The summed E-state index contributed by atoms with van der Waals surface area (Å²) in [5.41, 5.74) is 0. The van der Waals surface area contributed by atoms with Crippen LogP contribution in [0.15, 0.2) is 0 Å². The van der Waals surface area contributed by atoms with E-state index < -0.39 is 0 Å². The summed E-state index contributed by atoms with van der Waals surface area (Å²) in [4.78, 5) is 2.20. The number of likely N-dealkylation sites (tertiary alicyclic amines) is 1. The first-order valence-electron chi connectivity index (χ1n) is 3.57. The van der Waals surface area contributed by atoms with E-state index in [1.807, 2.05) is 0 Å². The van der Waals surface area contributed by atoms with E-state index in [4.69, 9.17) is 0 Å². The van der Waals surface area contributed by atoms with E-state index in [2.05, 4.69) is 11.9 Å². The van der Waals surface area contributed by atoms with Crippen LogP contribution in [0.2, 0.25) is 0 Å². The average Bonchev–Trinajstić information content (AvgIpc) is 1.88. The third-order valence-corrected chi connectivity index (χ3v) is 1.94. The van der Waals surface area contributed by atoms with E-state index in [0.29, 0.717) is 5.92 Å². The molecule has 54 valence electrons. The van der Waals surface area contributed by atoms with Crippen molar-refractivity contribution in [2.45, 2.75) is 12.8 Å². The van der Waals surface area contributed by atoms with E-state index >= 15 is 0 Å². The monoisotopic (exact) mass is 131 g/mol. The van der Waals surface area contributed by atoms with Gasteiger partial charge in [0, 0.05) is 12.5 Å². The van der Waals surface area contributed by atoms with Crippen LogP contribution in [0.3, 0.4) is 0 Å². The molecule has 1 aliphatic rings. The van der Waals surface area contributed by atoms with Gasteiger partial charge in [-0.25, -0.2) is 0 Å². The fourth-order valence-electron chi connectivity index (χ4n) is 1.40. The molecule has 0 radical (unpaired) electrons. The summed E-state index contributed by atoms with van der Waals surface area (Å²) in [5, 5.41) is 0. The minimum atomic E-state index is -0.135. The molecule has 1 saturated heterocycles. The summed E-state index contributed by atoms with van der Waals surface area (Å²) in [5.74, 6) is 0.323. The Labute approximate surface area is 55.8 Å². The molecule has 0 aromatic rings. The SMILES string of the molecule is CN1CCC[C@@H](CF)C1. The number of hydrogen-bond donors (Lipinski definition) is 0. The fraction of sp³-hybridized carbons (Fsp3) is 1.00. The van der Waals surface area contributed by atoms with Gasteiger partial charge in [-0.15, -0.1) is 0 Å². The number of hydrogen-bond acceptors (Lipinski definition) is 1. The maximum atomic E-state index is 12.0. The molecule has 0 bridgehead atoms. The summed E-state index contributed by atoms with van der Waals surface area (Å²) < 4.78 is 12.0. The number of halogens is 1. The molecule has 1 nitrogen and oxygen atoms in total. The van der Waals surface area contributed by atoms with Crippen LogP contribution in [-0.4, -0.2) is 31.7 Å². The van der Waals surface area contributed by atoms with Crippen LogP contribution in [-0.2, 0) is 0 Å². The maximum absolute atomic E-state index is 12.0. The van der Waals surface area contributed by atoms with Gasteiger partial charge in [0.1, 0.15) is 0 Å². The van der Waals surface area contributed by atoms with Crippen LogP contribution in [0.1, 0.15) is 12.8 Å². The molecule has 0 amide bonds. The van der Waals surface area contributed by atoms with E-state index in [1.165, 1.54) is 6.42 Å². The summed E-state index contributed by atoms with van der Waals surface area (Å²) in [7, 11) is 2.06. The molecule has 0 spiro atoms. The summed E-state index contributed by atoms with van der Waals surface area (Å²) in [6.45, 7) is 1.97. The molecule has 0 unspecified atom stereocenters. The molecule has 0 aliphatic carbocycles. The third kappa shape index (κ3) is 1.94. The minimum Gasteiger partial charge on any atom is -0.306 e. The van der Waals surface area contributed by atoms with Crippen LogP contribution in [0.25, 0.3) is 0 Å². The predicted molar refractivity (Wildman–Crippen MR) is 36.2 cm³/mol. The number of nitrogens with zero attached hydrogens (tertiary/aromatic N) is 1. The van der Waals surface area contributed by atoms with Crippen LogP contribution < -0.4 is 0 Å². The van der Waals surface area contributed by atoms with Crippen molar-refractivity contribution in [3.05, 3.63) is 0 Å². The molecule has 0 N–H and O–H groups in total. The number of rotatable bonds is 1. The van der Waals surface area contributed by atoms with Gasteiger partial charge in [0.15, 0.2) is 0 Å². The lowest BCUT2D eigenvalue weighted by atomic mass is 10.0. The van der Waals surface area contributed by atoms with Gasteiger partial charge in [-0.2, -0.15) is 0 Å². The molecular weight excluding hydrogens is 117 g/mol. The standard InChI is InChI=1S/C7H14FN/c1-9-4-2-3-7(5-8)6-9/h7H,2-6H2,1H3/t7-/m0/s1. The second-order valence-electron chi connectivity index (χ2n) is 2.92. The van der Waals surface area contributed by atoms with Gasteiger partial charge >= 0.3 is 0 Å². The van der Waals surface area contributed by atoms with Gasteiger partial charge in [-0.1, -0.05) is 0 Å². The highest BCUT2D eigenvalue weighted by molar-refractivity contribution is 4.68. The molecule has 1 fully saturated rings. The molecular formula is C7H14FN. The lowest BCUT2D eigenvalue weighted by Crippen LogP contribution is -2.32. The summed E-state index contributed by atoms with van der Waals surface area (Å²) in [6, 6.07) is 0. The molecule has 0 aromatic carbocycles. The van der Waals surface area contributed by atoms with Crippen LogP contribution >= 0.6 is 0 Å². The first kappa shape index (κ1) is 7.00. The predicted octanol–water partition coefficient (Wildman–Crippen LogP) is 1.30. The Hall–Kier alpha value is -0.110. The second-order valence-corrected chi connectivity index (χ2v) is 2.92. The summed E-state index contributed by atoms with van der Waals surface area (Å²) >= 11 is 0. The van der Waals surface area contributed by atoms with Crippen LogP contribution in [0, 0.1) is 5.92 Å². The Kier molecular flexibility index (Phi) is 2.46.